The molecule has 0 spiro atoms. The van der Waals surface area contributed by atoms with Crippen molar-refractivity contribution in [1.82, 2.24) is 5.32 Å². The molecule has 0 saturated carbocycles. The summed E-state index contributed by atoms with van der Waals surface area (Å²) in [6.45, 7) is 3.38. The van der Waals surface area contributed by atoms with Crippen molar-refractivity contribution < 1.29 is 14.3 Å². The Balaban J connectivity index is 2.21. The highest BCUT2D eigenvalue weighted by Crippen LogP contribution is 2.20. The van der Waals surface area contributed by atoms with Crippen molar-refractivity contribution in [2.45, 2.75) is 6.04 Å². The van der Waals surface area contributed by atoms with Crippen LogP contribution in [0.3, 0.4) is 0 Å². The van der Waals surface area contributed by atoms with Gasteiger partial charge in [-0.15, -0.1) is 0 Å². The highest BCUT2D eigenvalue weighted by atomic mass is 16.5. The van der Waals surface area contributed by atoms with E-state index in [-0.39, 0.29) is 12.0 Å². The SMILES string of the molecule is COCC1CNCCN1c1cccc(C(=O)OC)c1. The highest BCUT2D eigenvalue weighted by molar-refractivity contribution is 5.90. The summed E-state index contributed by atoms with van der Waals surface area (Å²) in [5.74, 6) is -0.305. The number of anilines is 1. The molecule has 5 nitrogen and oxygen atoms in total. The van der Waals surface area contributed by atoms with Crippen LogP contribution in [-0.4, -0.2) is 52.5 Å². The second kappa shape index (κ2) is 6.54. The molecule has 0 bridgehead atoms. The van der Waals surface area contributed by atoms with Gasteiger partial charge in [0.25, 0.3) is 0 Å². The van der Waals surface area contributed by atoms with Gasteiger partial charge in [0.1, 0.15) is 0 Å². The number of benzene rings is 1. The van der Waals surface area contributed by atoms with Crippen molar-refractivity contribution in [3.63, 3.8) is 0 Å². The zero-order valence-corrected chi connectivity index (χ0v) is 11.4. The zero-order valence-electron chi connectivity index (χ0n) is 11.4. The smallest absolute Gasteiger partial charge is 0.337 e. The third-order valence-corrected chi connectivity index (χ3v) is 3.31. The fourth-order valence-electron chi connectivity index (χ4n) is 2.37. The van der Waals surface area contributed by atoms with Gasteiger partial charge in [-0.3, -0.25) is 0 Å². The molecule has 19 heavy (non-hydrogen) atoms. The minimum absolute atomic E-state index is 0.284. The third kappa shape index (κ3) is 3.24. The summed E-state index contributed by atoms with van der Waals surface area (Å²) in [4.78, 5) is 13.8. The van der Waals surface area contributed by atoms with E-state index in [1.165, 1.54) is 7.11 Å². The van der Waals surface area contributed by atoms with Crippen molar-refractivity contribution in [3.8, 4) is 0 Å². The van der Waals surface area contributed by atoms with E-state index in [4.69, 9.17) is 9.47 Å². The first-order valence-electron chi connectivity index (χ1n) is 6.41. The molecule has 0 aromatic heterocycles. The molecule has 1 saturated heterocycles. The van der Waals surface area contributed by atoms with Gasteiger partial charge in [0, 0.05) is 32.4 Å². The molecule has 1 aliphatic heterocycles. The Morgan fingerprint density at radius 1 is 1.47 bits per heavy atom. The molecule has 0 radical (unpaired) electrons. The van der Waals surface area contributed by atoms with Gasteiger partial charge in [-0.2, -0.15) is 0 Å². The predicted molar refractivity (Wildman–Crippen MR) is 73.7 cm³/mol. The van der Waals surface area contributed by atoms with Crippen LogP contribution in [0.25, 0.3) is 0 Å². The topological polar surface area (TPSA) is 50.8 Å². The fourth-order valence-corrected chi connectivity index (χ4v) is 2.37. The van der Waals surface area contributed by atoms with Crippen LogP contribution in [-0.2, 0) is 9.47 Å². The van der Waals surface area contributed by atoms with Crippen molar-refractivity contribution in [2.75, 3.05) is 45.4 Å². The first-order chi connectivity index (χ1) is 9.26. The summed E-state index contributed by atoms with van der Waals surface area (Å²) in [6, 6.07) is 7.82. The average Bonchev–Trinajstić information content (AvgIpc) is 2.47. The first-order valence-corrected chi connectivity index (χ1v) is 6.41. The van der Waals surface area contributed by atoms with Crippen LogP contribution >= 0.6 is 0 Å². The van der Waals surface area contributed by atoms with Gasteiger partial charge in [-0.25, -0.2) is 4.79 Å². The van der Waals surface area contributed by atoms with Crippen LogP contribution < -0.4 is 10.2 Å². The number of carbonyl (C=O) groups is 1. The summed E-state index contributed by atoms with van der Waals surface area (Å²) in [6.07, 6.45) is 0. The molecule has 1 unspecified atom stereocenters. The molecule has 1 aromatic carbocycles. The Hall–Kier alpha value is -1.59. The normalized spacial score (nSPS) is 19.3. The second-order valence-corrected chi connectivity index (χ2v) is 4.55. The Kier molecular flexibility index (Phi) is 4.76. The molecular weight excluding hydrogens is 244 g/mol. The number of methoxy groups -OCH3 is 2. The number of carbonyl (C=O) groups excluding carboxylic acids is 1. The van der Waals surface area contributed by atoms with E-state index < -0.39 is 0 Å². The van der Waals surface area contributed by atoms with Gasteiger partial charge < -0.3 is 19.7 Å². The molecule has 5 heteroatoms. The predicted octanol–water partition coefficient (Wildman–Crippen LogP) is 0.898. The average molecular weight is 264 g/mol. The highest BCUT2D eigenvalue weighted by Gasteiger charge is 2.22. The summed E-state index contributed by atoms with van der Waals surface area (Å²) in [7, 11) is 3.10. The van der Waals surface area contributed by atoms with Gasteiger partial charge in [-0.1, -0.05) is 6.07 Å². The number of nitrogens with one attached hydrogen (secondary N) is 1. The maximum atomic E-state index is 11.6. The van der Waals surface area contributed by atoms with E-state index in [1.54, 1.807) is 13.2 Å². The number of piperazine rings is 1. The Morgan fingerprint density at radius 2 is 2.32 bits per heavy atom. The number of hydrogen-bond acceptors (Lipinski definition) is 5. The maximum absolute atomic E-state index is 11.6. The molecule has 0 aliphatic carbocycles. The quantitative estimate of drug-likeness (QED) is 0.819. The van der Waals surface area contributed by atoms with E-state index in [1.807, 2.05) is 18.2 Å². The van der Waals surface area contributed by atoms with Gasteiger partial charge in [0.05, 0.1) is 25.3 Å². The monoisotopic (exact) mass is 264 g/mol. The lowest BCUT2D eigenvalue weighted by atomic mass is 10.1. The Morgan fingerprint density at radius 3 is 3.05 bits per heavy atom. The fraction of sp³-hybridized carbons (Fsp3) is 0.500. The van der Waals surface area contributed by atoms with Crippen LogP contribution in [0.1, 0.15) is 10.4 Å². The van der Waals surface area contributed by atoms with Crippen molar-refractivity contribution in [2.24, 2.45) is 0 Å². The van der Waals surface area contributed by atoms with Gasteiger partial charge in [0.15, 0.2) is 0 Å². The van der Waals surface area contributed by atoms with Gasteiger partial charge in [-0.05, 0) is 18.2 Å². The van der Waals surface area contributed by atoms with Crippen LogP contribution in [0.2, 0.25) is 0 Å². The van der Waals surface area contributed by atoms with Crippen LogP contribution in [0, 0.1) is 0 Å². The summed E-state index contributed by atoms with van der Waals surface area (Å²) in [5.41, 5.74) is 1.61. The minimum Gasteiger partial charge on any atom is -0.465 e. The number of nitrogens with zero attached hydrogens (tertiary/aromatic N) is 1. The molecule has 0 amide bonds. The number of esters is 1. The molecule has 1 fully saturated rings. The number of rotatable bonds is 4. The van der Waals surface area contributed by atoms with Gasteiger partial charge in [0.2, 0.25) is 0 Å². The molecule has 1 atom stereocenters. The molecule has 1 heterocycles. The molecular formula is C14H20N2O3. The van der Waals surface area contributed by atoms with E-state index in [2.05, 4.69) is 10.2 Å². The lowest BCUT2D eigenvalue weighted by Gasteiger charge is -2.37. The molecule has 2 rings (SSSR count). The molecule has 1 aromatic rings. The van der Waals surface area contributed by atoms with E-state index in [9.17, 15) is 4.79 Å². The summed E-state index contributed by atoms with van der Waals surface area (Å²) >= 11 is 0. The lowest BCUT2D eigenvalue weighted by molar-refractivity contribution is 0.0601. The molecule has 104 valence electrons. The standard InChI is InChI=1S/C14H20N2O3/c1-18-10-13-9-15-6-7-16(13)12-5-3-4-11(8-12)14(17)19-2/h3-5,8,13,15H,6-7,9-10H2,1-2H3. The van der Waals surface area contributed by atoms with E-state index >= 15 is 0 Å². The van der Waals surface area contributed by atoms with E-state index in [0.29, 0.717) is 12.2 Å². The molecule has 1 N–H and O–H groups in total. The number of hydrogen-bond donors (Lipinski definition) is 1. The Bertz CT molecular complexity index is 434. The Labute approximate surface area is 113 Å². The minimum atomic E-state index is -0.305. The number of ether oxygens (including phenoxy) is 2. The van der Waals surface area contributed by atoms with Crippen molar-refractivity contribution in [1.29, 1.82) is 0 Å². The van der Waals surface area contributed by atoms with Crippen LogP contribution in [0.5, 0.6) is 0 Å². The van der Waals surface area contributed by atoms with E-state index in [0.717, 1.165) is 25.3 Å². The third-order valence-electron chi connectivity index (χ3n) is 3.31. The molecule has 1 aliphatic rings. The van der Waals surface area contributed by atoms with Crippen LogP contribution in [0.4, 0.5) is 5.69 Å². The lowest BCUT2D eigenvalue weighted by Crippen LogP contribution is -2.53. The summed E-state index contributed by atoms with van der Waals surface area (Å²) < 4.78 is 10.0. The van der Waals surface area contributed by atoms with Crippen LogP contribution in [0.15, 0.2) is 24.3 Å². The maximum Gasteiger partial charge on any atom is 0.337 e. The van der Waals surface area contributed by atoms with Crippen molar-refractivity contribution >= 4 is 11.7 Å². The van der Waals surface area contributed by atoms with Gasteiger partial charge >= 0.3 is 5.97 Å². The second-order valence-electron chi connectivity index (χ2n) is 4.55. The zero-order chi connectivity index (χ0) is 13.7. The largest absolute Gasteiger partial charge is 0.465 e. The van der Waals surface area contributed by atoms with Crippen molar-refractivity contribution in [3.05, 3.63) is 29.8 Å². The first kappa shape index (κ1) is 13.8. The summed E-state index contributed by atoms with van der Waals surface area (Å²) in [5, 5.41) is 3.35.